The molecule has 0 aromatic heterocycles. The van der Waals surface area contributed by atoms with Crippen LogP contribution < -0.4 is 18.9 Å². The van der Waals surface area contributed by atoms with Crippen LogP contribution in [0.15, 0.2) is 42.2 Å². The maximum atomic E-state index is 12.6. The van der Waals surface area contributed by atoms with Crippen molar-refractivity contribution in [2.75, 3.05) is 34.9 Å². The number of Topliss-reactive ketones (excluding diaryl/α,β-unsaturated/α-hetero) is 1. The van der Waals surface area contributed by atoms with E-state index in [0.29, 0.717) is 34.1 Å². The first-order valence-electron chi connectivity index (χ1n) is 8.16. The molecule has 0 spiro atoms. The lowest BCUT2D eigenvalue weighted by molar-refractivity contribution is 0.0507. The minimum atomic E-state index is -0.211. The van der Waals surface area contributed by atoms with Crippen molar-refractivity contribution in [3.05, 3.63) is 53.3 Å². The molecule has 27 heavy (non-hydrogen) atoms. The number of carbonyl (C=O) groups is 1. The molecule has 142 valence electrons. The van der Waals surface area contributed by atoms with Crippen LogP contribution in [0.5, 0.6) is 23.0 Å². The highest BCUT2D eigenvalue weighted by Gasteiger charge is 2.28. The lowest BCUT2D eigenvalue weighted by atomic mass is 10.1. The summed E-state index contributed by atoms with van der Waals surface area (Å²) >= 11 is 0. The largest absolute Gasteiger partial charge is 0.497 e. The van der Waals surface area contributed by atoms with E-state index in [1.165, 1.54) is 14.2 Å². The van der Waals surface area contributed by atoms with Crippen molar-refractivity contribution in [3.8, 4) is 23.0 Å². The van der Waals surface area contributed by atoms with Crippen LogP contribution in [0.2, 0.25) is 0 Å². The van der Waals surface area contributed by atoms with Crippen LogP contribution >= 0.6 is 0 Å². The average molecular weight is 372 g/mol. The van der Waals surface area contributed by atoms with Gasteiger partial charge in [-0.25, -0.2) is 0 Å². The zero-order valence-corrected chi connectivity index (χ0v) is 15.3. The quantitative estimate of drug-likeness (QED) is 0.520. The van der Waals surface area contributed by atoms with E-state index in [0.717, 1.165) is 0 Å². The third kappa shape index (κ3) is 4.21. The van der Waals surface area contributed by atoms with Crippen molar-refractivity contribution in [3.63, 3.8) is 0 Å². The molecular formula is C20H20O7. The van der Waals surface area contributed by atoms with Crippen LogP contribution in [-0.4, -0.2) is 40.7 Å². The average Bonchev–Trinajstić information content (AvgIpc) is 3.00. The van der Waals surface area contributed by atoms with Gasteiger partial charge >= 0.3 is 0 Å². The van der Waals surface area contributed by atoms with Gasteiger partial charge in [-0.15, -0.1) is 0 Å². The molecule has 0 fully saturated rings. The summed E-state index contributed by atoms with van der Waals surface area (Å²) in [5, 5.41) is 0. The second-order valence-electron chi connectivity index (χ2n) is 5.60. The molecule has 0 N–H and O–H groups in total. The van der Waals surface area contributed by atoms with Gasteiger partial charge in [-0.3, -0.25) is 4.79 Å². The summed E-state index contributed by atoms with van der Waals surface area (Å²) in [4.78, 5) is 12.6. The Morgan fingerprint density at radius 1 is 0.926 bits per heavy atom. The number of benzene rings is 2. The van der Waals surface area contributed by atoms with Crippen LogP contribution in [0.1, 0.15) is 15.9 Å². The number of ether oxygens (including phenoxy) is 6. The fraction of sp³-hybridized carbons (Fsp3) is 0.250. The first kappa shape index (κ1) is 18.8. The number of rotatable bonds is 8. The molecule has 0 radical (unpaired) electrons. The summed E-state index contributed by atoms with van der Waals surface area (Å²) in [7, 11) is 4.63. The predicted molar refractivity (Wildman–Crippen MR) is 97.4 cm³/mol. The number of allylic oxidation sites excluding steroid dienone is 1. The van der Waals surface area contributed by atoms with Gasteiger partial charge in [-0.05, 0) is 30.3 Å². The van der Waals surface area contributed by atoms with Crippen LogP contribution in [0, 0.1) is 0 Å². The molecule has 7 heteroatoms. The van der Waals surface area contributed by atoms with Crippen molar-refractivity contribution in [2.24, 2.45) is 0 Å². The molecule has 0 amide bonds. The highest BCUT2D eigenvalue weighted by molar-refractivity contribution is 6.14. The smallest absolute Gasteiger partial charge is 0.231 e. The molecule has 7 nitrogen and oxygen atoms in total. The maximum absolute atomic E-state index is 12.6. The number of carbonyl (C=O) groups excluding carboxylic acids is 1. The van der Waals surface area contributed by atoms with Gasteiger partial charge in [-0.1, -0.05) is 0 Å². The van der Waals surface area contributed by atoms with Gasteiger partial charge in [0.2, 0.25) is 5.78 Å². The Morgan fingerprint density at radius 2 is 1.67 bits per heavy atom. The second-order valence-corrected chi connectivity index (χ2v) is 5.60. The van der Waals surface area contributed by atoms with E-state index in [9.17, 15) is 4.79 Å². The summed E-state index contributed by atoms with van der Waals surface area (Å²) in [5.74, 6) is 2.12. The Bertz CT molecular complexity index is 857. The van der Waals surface area contributed by atoms with Crippen molar-refractivity contribution < 1.29 is 33.2 Å². The molecule has 1 aliphatic heterocycles. The van der Waals surface area contributed by atoms with Crippen molar-refractivity contribution in [1.82, 2.24) is 0 Å². The highest BCUT2D eigenvalue weighted by Crippen LogP contribution is 2.36. The van der Waals surface area contributed by atoms with Gasteiger partial charge < -0.3 is 28.4 Å². The SMILES string of the molecule is COCOc1ccc2c(c1)O/C(=C\c1ccc(OC)cc1OCOC)C2=O. The van der Waals surface area contributed by atoms with Gasteiger partial charge in [0.25, 0.3) is 0 Å². The summed E-state index contributed by atoms with van der Waals surface area (Å²) in [6, 6.07) is 10.3. The number of hydrogen-bond donors (Lipinski definition) is 0. The fourth-order valence-corrected chi connectivity index (χ4v) is 2.53. The van der Waals surface area contributed by atoms with E-state index in [1.807, 2.05) is 0 Å². The van der Waals surface area contributed by atoms with Crippen LogP contribution in [0.25, 0.3) is 6.08 Å². The Kier molecular flexibility index (Phi) is 5.95. The van der Waals surface area contributed by atoms with Crippen LogP contribution in [0.4, 0.5) is 0 Å². The molecule has 1 aliphatic rings. The molecule has 0 unspecified atom stereocenters. The van der Waals surface area contributed by atoms with E-state index in [1.54, 1.807) is 49.6 Å². The molecule has 0 saturated carbocycles. The van der Waals surface area contributed by atoms with E-state index < -0.39 is 0 Å². The van der Waals surface area contributed by atoms with E-state index in [4.69, 9.17) is 28.4 Å². The number of ketones is 1. The fourth-order valence-electron chi connectivity index (χ4n) is 2.53. The molecule has 2 aromatic rings. The van der Waals surface area contributed by atoms with Gasteiger partial charge in [0, 0.05) is 31.9 Å². The molecule has 1 heterocycles. The molecule has 0 bridgehead atoms. The van der Waals surface area contributed by atoms with E-state index in [2.05, 4.69) is 0 Å². The Hall–Kier alpha value is -3.03. The summed E-state index contributed by atoms with van der Waals surface area (Å²) in [6.45, 7) is 0.181. The zero-order valence-electron chi connectivity index (χ0n) is 15.3. The van der Waals surface area contributed by atoms with Gasteiger partial charge in [0.15, 0.2) is 19.3 Å². The molecule has 3 rings (SSSR count). The monoisotopic (exact) mass is 372 g/mol. The normalized spacial score (nSPS) is 14.0. The van der Waals surface area contributed by atoms with Crippen LogP contribution in [-0.2, 0) is 9.47 Å². The number of methoxy groups -OCH3 is 3. The van der Waals surface area contributed by atoms with Gasteiger partial charge in [-0.2, -0.15) is 0 Å². The predicted octanol–water partition coefficient (Wildman–Crippen LogP) is 3.28. The standard InChI is InChI=1S/C20H20O7/c1-22-11-25-15-6-7-16-18(10-15)27-19(20(16)21)8-13-4-5-14(24-3)9-17(13)26-12-23-2/h4-10H,11-12H2,1-3H3/b19-8-. The lowest BCUT2D eigenvalue weighted by Gasteiger charge is -2.10. The first-order valence-corrected chi connectivity index (χ1v) is 8.16. The summed E-state index contributed by atoms with van der Waals surface area (Å²) in [5.41, 5.74) is 1.14. The first-order chi connectivity index (χ1) is 13.2. The van der Waals surface area contributed by atoms with Crippen LogP contribution in [0.3, 0.4) is 0 Å². The van der Waals surface area contributed by atoms with E-state index >= 15 is 0 Å². The van der Waals surface area contributed by atoms with Crippen molar-refractivity contribution in [2.45, 2.75) is 0 Å². The highest BCUT2D eigenvalue weighted by atomic mass is 16.7. The third-order valence-corrected chi connectivity index (χ3v) is 3.82. The minimum Gasteiger partial charge on any atom is -0.497 e. The molecule has 0 aliphatic carbocycles. The lowest BCUT2D eigenvalue weighted by Crippen LogP contribution is -2.02. The van der Waals surface area contributed by atoms with Crippen molar-refractivity contribution in [1.29, 1.82) is 0 Å². The second kappa shape index (κ2) is 8.57. The Morgan fingerprint density at radius 3 is 2.41 bits per heavy atom. The van der Waals surface area contributed by atoms with Crippen molar-refractivity contribution >= 4 is 11.9 Å². The number of hydrogen-bond acceptors (Lipinski definition) is 7. The summed E-state index contributed by atoms with van der Waals surface area (Å²) in [6.07, 6.45) is 1.63. The zero-order chi connectivity index (χ0) is 19.2. The molecule has 0 saturated heterocycles. The van der Waals surface area contributed by atoms with Gasteiger partial charge in [0.05, 0.1) is 12.7 Å². The Balaban J connectivity index is 1.88. The minimum absolute atomic E-state index is 0.0680. The third-order valence-electron chi connectivity index (χ3n) is 3.82. The molecular weight excluding hydrogens is 352 g/mol. The Labute approximate surface area is 157 Å². The number of fused-ring (bicyclic) bond motifs is 1. The maximum Gasteiger partial charge on any atom is 0.231 e. The topological polar surface area (TPSA) is 72.5 Å². The summed E-state index contributed by atoms with van der Waals surface area (Å²) < 4.78 is 31.7. The molecule has 0 atom stereocenters. The molecule has 2 aromatic carbocycles. The van der Waals surface area contributed by atoms with E-state index in [-0.39, 0.29) is 25.1 Å². The van der Waals surface area contributed by atoms with Gasteiger partial charge in [0.1, 0.15) is 23.0 Å².